The van der Waals surface area contributed by atoms with Crippen LogP contribution >= 0.6 is 0 Å². The van der Waals surface area contributed by atoms with Gasteiger partial charge in [-0.05, 0) is 77.0 Å². The molecule has 3 atom stereocenters. The van der Waals surface area contributed by atoms with Crippen LogP contribution in [0.15, 0.2) is 36.5 Å². The molecule has 0 aliphatic heterocycles. The summed E-state index contributed by atoms with van der Waals surface area (Å²) in [5.41, 5.74) is 0. The molecule has 3 N–H and O–H groups in total. The molecule has 0 aliphatic rings. The largest absolute Gasteiger partial charge is 0.462 e. The molecule has 0 heterocycles. The van der Waals surface area contributed by atoms with Crippen LogP contribution in [0.1, 0.15) is 278 Å². The lowest BCUT2D eigenvalue weighted by molar-refractivity contribution is -0.151. The summed E-state index contributed by atoms with van der Waals surface area (Å²) in [5.74, 6) is -0.490. The van der Waals surface area contributed by atoms with Gasteiger partial charge in [-0.2, -0.15) is 0 Å². The van der Waals surface area contributed by atoms with Crippen LogP contribution in [0.2, 0.25) is 0 Å². The highest BCUT2D eigenvalue weighted by Gasteiger charge is 2.24. The van der Waals surface area contributed by atoms with Crippen molar-refractivity contribution < 1.29 is 24.5 Å². The molecule has 0 saturated heterocycles. The van der Waals surface area contributed by atoms with Crippen LogP contribution in [-0.4, -0.2) is 46.9 Å². The van der Waals surface area contributed by atoms with E-state index in [1.54, 1.807) is 0 Å². The fourth-order valence-electron chi connectivity index (χ4n) is 8.12. The molecule has 0 fully saturated rings. The minimum atomic E-state index is -0.792. The lowest BCUT2D eigenvalue weighted by Crippen LogP contribution is -2.46. The van der Waals surface area contributed by atoms with Gasteiger partial charge in [0.05, 0.1) is 25.2 Å². The Labute approximate surface area is 379 Å². The van der Waals surface area contributed by atoms with E-state index >= 15 is 0 Å². The van der Waals surface area contributed by atoms with Crippen molar-refractivity contribution in [2.75, 3.05) is 6.61 Å². The molecule has 0 rings (SSSR count). The average Bonchev–Trinajstić information content (AvgIpc) is 3.25. The van der Waals surface area contributed by atoms with E-state index < -0.39 is 18.2 Å². The predicted molar refractivity (Wildman–Crippen MR) is 264 cm³/mol. The quantitative estimate of drug-likeness (QED) is 0.0245. The maximum absolute atomic E-state index is 13.2. The standard InChI is InChI=1S/C55H103NO5/c1-4-7-10-13-16-19-22-25-27-30-33-36-39-42-45-48-55(60)61-51(46-43-40-37-34-31-28-24-21-18-15-12-9-6-3)49-54(59)56-52(50-57)53(58)47-44-41-38-35-32-29-26-23-20-17-14-11-8-5-2/h18-19,21-22,24,28,51-53,57-58H,4-17,20,23,25-27,29-50H2,1-3H3,(H,56,59)/b21-18+,22-19-,28-24+. The van der Waals surface area contributed by atoms with E-state index in [0.717, 1.165) is 77.0 Å². The van der Waals surface area contributed by atoms with Crippen molar-refractivity contribution >= 4 is 11.9 Å². The van der Waals surface area contributed by atoms with Crippen LogP contribution in [-0.2, 0) is 14.3 Å². The highest BCUT2D eigenvalue weighted by molar-refractivity contribution is 5.77. The third-order valence-corrected chi connectivity index (χ3v) is 12.2. The van der Waals surface area contributed by atoms with Gasteiger partial charge in [0.1, 0.15) is 6.10 Å². The molecule has 0 aromatic carbocycles. The lowest BCUT2D eigenvalue weighted by Gasteiger charge is -2.24. The van der Waals surface area contributed by atoms with Gasteiger partial charge < -0.3 is 20.3 Å². The number of ether oxygens (including phenoxy) is 1. The van der Waals surface area contributed by atoms with Crippen LogP contribution < -0.4 is 5.32 Å². The first-order chi connectivity index (χ1) is 30.0. The number of nitrogens with one attached hydrogen (secondary N) is 1. The zero-order valence-electron chi connectivity index (χ0n) is 40.8. The van der Waals surface area contributed by atoms with Crippen LogP contribution in [0.4, 0.5) is 0 Å². The van der Waals surface area contributed by atoms with Crippen molar-refractivity contribution in [3.05, 3.63) is 36.5 Å². The normalized spacial score (nSPS) is 13.5. The summed E-state index contributed by atoms with van der Waals surface area (Å²) >= 11 is 0. The van der Waals surface area contributed by atoms with Crippen LogP contribution in [0.25, 0.3) is 0 Å². The van der Waals surface area contributed by atoms with E-state index in [-0.39, 0.29) is 24.9 Å². The van der Waals surface area contributed by atoms with E-state index in [0.29, 0.717) is 19.3 Å². The fourth-order valence-corrected chi connectivity index (χ4v) is 8.12. The van der Waals surface area contributed by atoms with Crippen molar-refractivity contribution in [2.45, 2.75) is 296 Å². The SMILES string of the molecule is CCCCC/C=C/C=C/CCCCCCC(CC(=O)NC(CO)C(O)CCCCCCCCCCCCCCCC)OC(=O)CCCCCCCCC/C=C\CCCCCC. The Kier molecular flexibility index (Phi) is 47.6. The number of aliphatic hydroxyl groups excluding tert-OH is 2. The van der Waals surface area contributed by atoms with E-state index in [1.807, 2.05) is 0 Å². The topological polar surface area (TPSA) is 95.9 Å². The Bertz CT molecular complexity index is 1010. The minimum Gasteiger partial charge on any atom is -0.462 e. The van der Waals surface area contributed by atoms with Crippen molar-refractivity contribution in [3.8, 4) is 0 Å². The first-order valence-corrected chi connectivity index (χ1v) is 26.7. The Morgan fingerprint density at radius 3 is 1.31 bits per heavy atom. The number of hydrogen-bond acceptors (Lipinski definition) is 5. The molecule has 0 saturated carbocycles. The number of amides is 1. The molecule has 1 amide bonds. The predicted octanol–water partition coefficient (Wildman–Crippen LogP) is 16.1. The zero-order chi connectivity index (χ0) is 44.5. The molecular weight excluding hydrogens is 755 g/mol. The van der Waals surface area contributed by atoms with Gasteiger partial charge in [0, 0.05) is 6.42 Å². The summed E-state index contributed by atoms with van der Waals surface area (Å²) in [6.07, 6.45) is 57.7. The highest BCUT2D eigenvalue weighted by atomic mass is 16.5. The molecule has 0 bridgehead atoms. The summed E-state index contributed by atoms with van der Waals surface area (Å²) in [5, 5.41) is 23.8. The molecule has 358 valence electrons. The fraction of sp³-hybridized carbons (Fsp3) is 0.855. The highest BCUT2D eigenvalue weighted by Crippen LogP contribution is 2.18. The first kappa shape index (κ1) is 59.1. The number of aliphatic hydroxyl groups is 2. The van der Waals surface area contributed by atoms with Crippen LogP contribution in [0.5, 0.6) is 0 Å². The number of rotatable bonds is 48. The van der Waals surface area contributed by atoms with Gasteiger partial charge in [0.15, 0.2) is 0 Å². The van der Waals surface area contributed by atoms with Gasteiger partial charge in [-0.25, -0.2) is 0 Å². The third-order valence-electron chi connectivity index (χ3n) is 12.2. The number of esters is 1. The first-order valence-electron chi connectivity index (χ1n) is 26.7. The van der Waals surface area contributed by atoms with Crippen molar-refractivity contribution in [1.29, 1.82) is 0 Å². The monoisotopic (exact) mass is 858 g/mol. The molecule has 0 radical (unpaired) electrons. The second-order valence-electron chi connectivity index (χ2n) is 18.3. The Hall–Kier alpha value is -1.92. The second-order valence-corrected chi connectivity index (χ2v) is 18.3. The second kappa shape index (κ2) is 49.1. The van der Waals surface area contributed by atoms with Gasteiger partial charge in [-0.1, -0.05) is 224 Å². The molecule has 6 heteroatoms. The Balaban J connectivity index is 4.57. The van der Waals surface area contributed by atoms with Crippen molar-refractivity contribution in [2.24, 2.45) is 0 Å². The van der Waals surface area contributed by atoms with E-state index in [1.165, 1.54) is 154 Å². The smallest absolute Gasteiger partial charge is 0.306 e. The van der Waals surface area contributed by atoms with Crippen LogP contribution in [0.3, 0.4) is 0 Å². The molecular formula is C55H103NO5. The number of carbonyl (C=O) groups excluding carboxylic acids is 2. The van der Waals surface area contributed by atoms with E-state index in [4.69, 9.17) is 4.74 Å². The summed E-state index contributed by atoms with van der Waals surface area (Å²) in [6.45, 7) is 6.45. The molecule has 61 heavy (non-hydrogen) atoms. The maximum atomic E-state index is 13.2. The van der Waals surface area contributed by atoms with Gasteiger partial charge in [-0.15, -0.1) is 0 Å². The summed E-state index contributed by atoms with van der Waals surface area (Å²) in [7, 11) is 0. The average molecular weight is 858 g/mol. The Morgan fingerprint density at radius 2 is 0.836 bits per heavy atom. The maximum Gasteiger partial charge on any atom is 0.306 e. The summed E-state index contributed by atoms with van der Waals surface area (Å²) in [4.78, 5) is 26.2. The number of allylic oxidation sites excluding steroid dienone is 6. The van der Waals surface area contributed by atoms with Gasteiger partial charge >= 0.3 is 5.97 Å². The lowest BCUT2D eigenvalue weighted by atomic mass is 10.0. The Morgan fingerprint density at radius 1 is 0.475 bits per heavy atom. The number of unbranched alkanes of at least 4 members (excludes halogenated alkanes) is 31. The van der Waals surface area contributed by atoms with E-state index in [2.05, 4.69) is 62.5 Å². The minimum absolute atomic E-state index is 0.0647. The molecule has 0 aliphatic carbocycles. The zero-order valence-corrected chi connectivity index (χ0v) is 40.8. The number of hydrogen-bond donors (Lipinski definition) is 3. The van der Waals surface area contributed by atoms with Crippen molar-refractivity contribution in [3.63, 3.8) is 0 Å². The molecule has 6 nitrogen and oxygen atoms in total. The van der Waals surface area contributed by atoms with Crippen LogP contribution in [0, 0.1) is 0 Å². The number of carbonyl (C=O) groups is 2. The molecule has 3 unspecified atom stereocenters. The molecule has 0 aromatic heterocycles. The van der Waals surface area contributed by atoms with Gasteiger partial charge in [0.2, 0.25) is 5.91 Å². The molecule has 0 spiro atoms. The summed E-state index contributed by atoms with van der Waals surface area (Å²) < 4.78 is 5.93. The van der Waals surface area contributed by atoms with Gasteiger partial charge in [0.25, 0.3) is 0 Å². The van der Waals surface area contributed by atoms with Gasteiger partial charge in [-0.3, -0.25) is 9.59 Å². The van der Waals surface area contributed by atoms with Crippen molar-refractivity contribution in [1.82, 2.24) is 5.32 Å². The molecule has 0 aromatic rings. The summed E-state index contributed by atoms with van der Waals surface area (Å²) in [6, 6.07) is -0.707. The van der Waals surface area contributed by atoms with E-state index in [9.17, 15) is 19.8 Å². The third kappa shape index (κ3) is 44.5.